The molecule has 1 aromatic carbocycles. The van der Waals surface area contributed by atoms with E-state index in [0.717, 1.165) is 12.8 Å². The standard InChI is InChI=1S/C19H30N2O4/c1-13(2)10-17(11-14(3)4)20-12-15(5)25-19(22)16-6-8-18(9-7-16)21(23)24/h6-9,13-15,17,20H,10-12H2,1-5H3/t15-/m0/s1. The lowest BCUT2D eigenvalue weighted by Gasteiger charge is -2.24. The number of esters is 1. The lowest BCUT2D eigenvalue weighted by molar-refractivity contribution is -0.384. The van der Waals surface area contributed by atoms with Crippen LogP contribution in [0.2, 0.25) is 0 Å². The topological polar surface area (TPSA) is 81.5 Å². The van der Waals surface area contributed by atoms with Crippen LogP contribution in [0.3, 0.4) is 0 Å². The summed E-state index contributed by atoms with van der Waals surface area (Å²) < 4.78 is 5.43. The summed E-state index contributed by atoms with van der Waals surface area (Å²) in [4.78, 5) is 22.3. The van der Waals surface area contributed by atoms with Crippen molar-refractivity contribution in [3.8, 4) is 0 Å². The van der Waals surface area contributed by atoms with Crippen molar-refractivity contribution in [3.63, 3.8) is 0 Å². The number of benzene rings is 1. The fourth-order valence-electron chi connectivity index (χ4n) is 2.75. The zero-order chi connectivity index (χ0) is 19.0. The van der Waals surface area contributed by atoms with Gasteiger partial charge in [0.25, 0.3) is 5.69 Å². The van der Waals surface area contributed by atoms with Crippen molar-refractivity contribution in [2.75, 3.05) is 6.54 Å². The molecule has 25 heavy (non-hydrogen) atoms. The van der Waals surface area contributed by atoms with Crippen LogP contribution < -0.4 is 5.32 Å². The molecule has 0 aromatic heterocycles. The van der Waals surface area contributed by atoms with Crippen LogP contribution in [0.1, 0.15) is 57.8 Å². The number of nitro benzene ring substituents is 1. The number of nitro groups is 1. The Kier molecular flexibility index (Phi) is 8.55. The van der Waals surface area contributed by atoms with Gasteiger partial charge in [0.1, 0.15) is 6.10 Å². The number of non-ortho nitro benzene ring substituents is 1. The highest BCUT2D eigenvalue weighted by atomic mass is 16.6. The lowest BCUT2D eigenvalue weighted by Crippen LogP contribution is -2.38. The molecule has 0 amide bonds. The molecule has 140 valence electrons. The zero-order valence-corrected chi connectivity index (χ0v) is 15.8. The van der Waals surface area contributed by atoms with E-state index < -0.39 is 10.9 Å². The molecule has 0 fully saturated rings. The zero-order valence-electron chi connectivity index (χ0n) is 15.8. The van der Waals surface area contributed by atoms with Gasteiger partial charge in [-0.05, 0) is 43.7 Å². The SMILES string of the molecule is CC(C)CC(CC(C)C)NC[C@H](C)OC(=O)c1ccc([N+](=O)[O-])cc1. The van der Waals surface area contributed by atoms with Crippen molar-refractivity contribution in [1.29, 1.82) is 0 Å². The van der Waals surface area contributed by atoms with Gasteiger partial charge in [-0.25, -0.2) is 4.79 Å². The number of ether oxygens (including phenoxy) is 1. The van der Waals surface area contributed by atoms with E-state index in [1.54, 1.807) is 0 Å². The van der Waals surface area contributed by atoms with Gasteiger partial charge < -0.3 is 10.1 Å². The minimum absolute atomic E-state index is 0.0449. The Morgan fingerprint density at radius 3 is 2.04 bits per heavy atom. The minimum atomic E-state index is -0.495. The first kappa shape index (κ1) is 21.1. The van der Waals surface area contributed by atoms with Crippen LogP contribution in [-0.4, -0.2) is 29.6 Å². The largest absolute Gasteiger partial charge is 0.458 e. The van der Waals surface area contributed by atoms with Crippen molar-refractivity contribution < 1.29 is 14.5 Å². The molecule has 6 heteroatoms. The normalized spacial score (nSPS) is 12.6. The van der Waals surface area contributed by atoms with Crippen molar-refractivity contribution in [2.24, 2.45) is 11.8 Å². The summed E-state index contributed by atoms with van der Waals surface area (Å²) in [5, 5.41) is 14.1. The molecule has 0 aliphatic rings. The van der Waals surface area contributed by atoms with Crippen LogP contribution in [-0.2, 0) is 4.74 Å². The molecule has 0 aliphatic carbocycles. The number of hydrogen-bond acceptors (Lipinski definition) is 5. The second kappa shape index (κ2) is 10.1. The molecule has 1 atom stereocenters. The van der Waals surface area contributed by atoms with Crippen molar-refractivity contribution in [2.45, 2.75) is 59.6 Å². The van der Waals surface area contributed by atoms with E-state index in [2.05, 4.69) is 33.0 Å². The molecule has 0 unspecified atom stereocenters. The van der Waals surface area contributed by atoms with Gasteiger partial charge in [0.15, 0.2) is 0 Å². The van der Waals surface area contributed by atoms with E-state index in [9.17, 15) is 14.9 Å². The summed E-state index contributed by atoms with van der Waals surface area (Å²) in [6.45, 7) is 11.2. The summed E-state index contributed by atoms with van der Waals surface area (Å²) in [6, 6.07) is 5.85. The van der Waals surface area contributed by atoms with Gasteiger partial charge in [-0.3, -0.25) is 10.1 Å². The van der Waals surface area contributed by atoms with E-state index in [4.69, 9.17) is 4.74 Å². The van der Waals surface area contributed by atoms with Gasteiger partial charge in [0, 0.05) is 24.7 Å². The van der Waals surface area contributed by atoms with Gasteiger partial charge in [-0.1, -0.05) is 27.7 Å². The number of nitrogens with zero attached hydrogens (tertiary/aromatic N) is 1. The monoisotopic (exact) mass is 350 g/mol. The number of carbonyl (C=O) groups is 1. The van der Waals surface area contributed by atoms with Crippen molar-refractivity contribution >= 4 is 11.7 Å². The first-order valence-electron chi connectivity index (χ1n) is 8.87. The summed E-state index contributed by atoms with van der Waals surface area (Å²) in [5.41, 5.74) is 0.273. The lowest BCUT2D eigenvalue weighted by atomic mass is 9.95. The van der Waals surface area contributed by atoms with Gasteiger partial charge >= 0.3 is 5.97 Å². The Labute approximate surface area is 150 Å². The fourth-order valence-corrected chi connectivity index (χ4v) is 2.75. The van der Waals surface area contributed by atoms with Crippen LogP contribution in [0.15, 0.2) is 24.3 Å². The van der Waals surface area contributed by atoms with Crippen LogP contribution in [0.25, 0.3) is 0 Å². The predicted octanol–water partition coefficient (Wildman–Crippen LogP) is 4.19. The average Bonchev–Trinajstić information content (AvgIpc) is 2.51. The van der Waals surface area contributed by atoms with Crippen molar-refractivity contribution in [1.82, 2.24) is 5.32 Å². The molecule has 0 heterocycles. The Morgan fingerprint density at radius 1 is 1.08 bits per heavy atom. The second-order valence-electron chi connectivity index (χ2n) is 7.38. The second-order valence-corrected chi connectivity index (χ2v) is 7.38. The van der Waals surface area contributed by atoms with Crippen LogP contribution in [0.4, 0.5) is 5.69 Å². The summed E-state index contributed by atoms with van der Waals surface area (Å²) in [7, 11) is 0. The third kappa shape index (κ3) is 8.12. The number of hydrogen-bond donors (Lipinski definition) is 1. The van der Waals surface area contributed by atoms with Gasteiger partial charge in [-0.15, -0.1) is 0 Å². The van der Waals surface area contributed by atoms with E-state index in [0.29, 0.717) is 30.0 Å². The Hall–Kier alpha value is -1.95. The Morgan fingerprint density at radius 2 is 1.60 bits per heavy atom. The van der Waals surface area contributed by atoms with Crippen LogP contribution in [0.5, 0.6) is 0 Å². The van der Waals surface area contributed by atoms with Gasteiger partial charge in [0.05, 0.1) is 10.5 Å². The van der Waals surface area contributed by atoms with Gasteiger partial charge in [-0.2, -0.15) is 0 Å². The summed E-state index contributed by atoms with van der Waals surface area (Å²) >= 11 is 0. The number of rotatable bonds is 10. The van der Waals surface area contributed by atoms with Crippen molar-refractivity contribution in [3.05, 3.63) is 39.9 Å². The minimum Gasteiger partial charge on any atom is -0.458 e. The Bertz CT molecular complexity index is 545. The summed E-state index contributed by atoms with van der Waals surface area (Å²) in [6.07, 6.45) is 1.90. The first-order valence-corrected chi connectivity index (χ1v) is 8.87. The third-order valence-corrected chi connectivity index (χ3v) is 3.83. The molecule has 0 bridgehead atoms. The highest BCUT2D eigenvalue weighted by Crippen LogP contribution is 2.15. The molecule has 1 N–H and O–H groups in total. The quantitative estimate of drug-likeness (QED) is 0.389. The maximum atomic E-state index is 12.1. The van der Waals surface area contributed by atoms with Crippen LogP contribution in [0, 0.1) is 22.0 Å². The maximum absolute atomic E-state index is 12.1. The maximum Gasteiger partial charge on any atom is 0.338 e. The van der Waals surface area contributed by atoms with E-state index >= 15 is 0 Å². The van der Waals surface area contributed by atoms with E-state index in [1.807, 2.05) is 6.92 Å². The molecule has 0 radical (unpaired) electrons. The Balaban J connectivity index is 2.52. The molecule has 0 aliphatic heterocycles. The summed E-state index contributed by atoms with van der Waals surface area (Å²) in [5.74, 6) is 0.747. The smallest absolute Gasteiger partial charge is 0.338 e. The highest BCUT2D eigenvalue weighted by Gasteiger charge is 2.17. The average molecular weight is 350 g/mol. The molecular weight excluding hydrogens is 320 g/mol. The molecule has 0 saturated carbocycles. The number of nitrogens with one attached hydrogen (secondary N) is 1. The fraction of sp³-hybridized carbons (Fsp3) is 0.632. The molecule has 1 aromatic rings. The first-order chi connectivity index (χ1) is 11.7. The molecule has 1 rings (SSSR count). The van der Waals surface area contributed by atoms with E-state index in [1.165, 1.54) is 24.3 Å². The van der Waals surface area contributed by atoms with Gasteiger partial charge in [0.2, 0.25) is 0 Å². The molecule has 6 nitrogen and oxygen atoms in total. The van der Waals surface area contributed by atoms with E-state index in [-0.39, 0.29) is 11.8 Å². The predicted molar refractivity (Wildman–Crippen MR) is 98.7 cm³/mol. The third-order valence-electron chi connectivity index (χ3n) is 3.83. The molecule has 0 saturated heterocycles. The number of carbonyl (C=O) groups excluding carboxylic acids is 1. The molecule has 0 spiro atoms. The highest BCUT2D eigenvalue weighted by molar-refractivity contribution is 5.89. The molecular formula is C19H30N2O4. The van der Waals surface area contributed by atoms with Crippen LogP contribution >= 0.6 is 0 Å².